The summed E-state index contributed by atoms with van der Waals surface area (Å²) in [4.78, 5) is 23.0. The zero-order chi connectivity index (χ0) is 19.9. The minimum atomic E-state index is -0.246. The van der Waals surface area contributed by atoms with Gasteiger partial charge in [0.15, 0.2) is 0 Å². The zero-order valence-electron chi connectivity index (χ0n) is 16.0. The van der Waals surface area contributed by atoms with Crippen LogP contribution in [0.15, 0.2) is 60.9 Å². The third-order valence-corrected chi connectivity index (χ3v) is 4.39. The second-order valence-corrected chi connectivity index (χ2v) is 6.48. The normalized spacial score (nSPS) is 10.5. The van der Waals surface area contributed by atoms with Gasteiger partial charge in [0.25, 0.3) is 5.91 Å². The number of nitrogens with one attached hydrogen (secondary N) is 1. The van der Waals surface area contributed by atoms with Crippen LogP contribution in [0.4, 0.5) is 15.9 Å². The number of halogens is 1. The molecule has 0 bridgehead atoms. The van der Waals surface area contributed by atoms with Crippen LogP contribution in [0.2, 0.25) is 0 Å². The number of carbonyl (C=O) groups excluding carboxylic acids is 1. The molecule has 2 aromatic carbocycles. The van der Waals surface area contributed by atoms with Crippen molar-refractivity contribution >= 4 is 17.4 Å². The van der Waals surface area contributed by atoms with Gasteiger partial charge in [-0.25, -0.2) is 14.4 Å². The van der Waals surface area contributed by atoms with Crippen LogP contribution < -0.4 is 10.2 Å². The molecule has 0 atom stereocenters. The average Bonchev–Trinajstić information content (AvgIpc) is 2.70. The van der Waals surface area contributed by atoms with Gasteiger partial charge in [-0.3, -0.25) is 4.79 Å². The Morgan fingerprint density at radius 3 is 2.61 bits per heavy atom. The van der Waals surface area contributed by atoms with Crippen LogP contribution >= 0.6 is 0 Å². The van der Waals surface area contributed by atoms with E-state index in [1.165, 1.54) is 18.5 Å². The fourth-order valence-electron chi connectivity index (χ4n) is 2.93. The highest BCUT2D eigenvalue weighted by atomic mass is 19.1. The minimum Gasteiger partial charge on any atom is -0.370 e. The Hall–Kier alpha value is -3.28. The van der Waals surface area contributed by atoms with Gasteiger partial charge in [0, 0.05) is 24.8 Å². The van der Waals surface area contributed by atoms with Crippen molar-refractivity contribution < 1.29 is 9.18 Å². The first-order chi connectivity index (χ1) is 13.6. The molecule has 6 heteroatoms. The Labute approximate surface area is 164 Å². The Bertz CT molecular complexity index is 943. The molecule has 0 fully saturated rings. The topological polar surface area (TPSA) is 58.1 Å². The number of hydrogen-bond donors (Lipinski definition) is 1. The Morgan fingerprint density at radius 2 is 1.89 bits per heavy atom. The lowest BCUT2D eigenvalue weighted by Gasteiger charge is -2.21. The number of anilines is 2. The van der Waals surface area contributed by atoms with Crippen molar-refractivity contribution in [3.63, 3.8) is 0 Å². The molecule has 0 aliphatic rings. The lowest BCUT2D eigenvalue weighted by molar-refractivity contribution is 0.0983. The summed E-state index contributed by atoms with van der Waals surface area (Å²) < 4.78 is 13.0. The average molecular weight is 378 g/mol. The summed E-state index contributed by atoms with van der Waals surface area (Å²) in [7, 11) is 0. The molecule has 1 aromatic heterocycles. The quantitative estimate of drug-likeness (QED) is 0.668. The molecule has 3 aromatic rings. The molecule has 28 heavy (non-hydrogen) atoms. The second kappa shape index (κ2) is 9.08. The molecule has 0 saturated heterocycles. The van der Waals surface area contributed by atoms with E-state index >= 15 is 0 Å². The zero-order valence-corrected chi connectivity index (χ0v) is 16.0. The van der Waals surface area contributed by atoms with Crippen molar-refractivity contribution in [1.29, 1.82) is 0 Å². The van der Waals surface area contributed by atoms with Crippen LogP contribution in [-0.2, 0) is 6.42 Å². The first-order valence-corrected chi connectivity index (χ1v) is 9.25. The monoisotopic (exact) mass is 378 g/mol. The van der Waals surface area contributed by atoms with Crippen molar-refractivity contribution in [1.82, 2.24) is 9.97 Å². The second-order valence-electron chi connectivity index (χ2n) is 6.48. The molecule has 1 amide bonds. The van der Waals surface area contributed by atoms with Gasteiger partial charge in [0.05, 0.1) is 0 Å². The van der Waals surface area contributed by atoms with E-state index in [4.69, 9.17) is 0 Å². The van der Waals surface area contributed by atoms with Gasteiger partial charge in [-0.1, -0.05) is 24.3 Å². The maximum absolute atomic E-state index is 13.0. The highest BCUT2D eigenvalue weighted by Gasteiger charge is 2.18. The highest BCUT2D eigenvalue weighted by molar-refractivity contribution is 6.05. The van der Waals surface area contributed by atoms with Crippen molar-refractivity contribution in [2.75, 3.05) is 23.3 Å². The van der Waals surface area contributed by atoms with Gasteiger partial charge in [-0.2, -0.15) is 0 Å². The molecule has 1 heterocycles. The largest absolute Gasteiger partial charge is 0.370 e. The molecule has 144 valence electrons. The lowest BCUT2D eigenvalue weighted by atomic mass is 10.1. The van der Waals surface area contributed by atoms with E-state index in [1.807, 2.05) is 38.1 Å². The van der Waals surface area contributed by atoms with Gasteiger partial charge >= 0.3 is 0 Å². The number of carbonyl (C=O) groups is 1. The summed E-state index contributed by atoms with van der Waals surface area (Å²) >= 11 is 0. The maximum atomic E-state index is 13.0. The first kappa shape index (κ1) is 19.5. The molecule has 0 radical (unpaired) electrons. The van der Waals surface area contributed by atoms with Gasteiger partial charge in [-0.15, -0.1) is 0 Å². The number of aryl methyl sites for hydroxylation is 1. The molecule has 0 spiro atoms. The molecule has 3 rings (SSSR count). The fourth-order valence-corrected chi connectivity index (χ4v) is 2.93. The third kappa shape index (κ3) is 4.91. The molecule has 0 aliphatic heterocycles. The first-order valence-electron chi connectivity index (χ1n) is 9.25. The third-order valence-electron chi connectivity index (χ3n) is 4.39. The van der Waals surface area contributed by atoms with Crippen LogP contribution in [0.1, 0.15) is 28.5 Å². The summed E-state index contributed by atoms with van der Waals surface area (Å²) in [5.41, 5.74) is 3.30. The summed E-state index contributed by atoms with van der Waals surface area (Å²) in [6.45, 7) is 5.09. The van der Waals surface area contributed by atoms with E-state index < -0.39 is 0 Å². The Kier molecular flexibility index (Phi) is 6.32. The molecule has 0 saturated carbocycles. The fraction of sp³-hybridized carbons (Fsp3) is 0.227. The van der Waals surface area contributed by atoms with Gasteiger partial charge < -0.3 is 10.2 Å². The number of hydrogen-bond acceptors (Lipinski definition) is 4. The molecule has 5 nitrogen and oxygen atoms in total. The van der Waals surface area contributed by atoms with Crippen LogP contribution in [0.25, 0.3) is 0 Å². The molecular weight excluding hydrogens is 355 g/mol. The molecule has 0 unspecified atom stereocenters. The van der Waals surface area contributed by atoms with Crippen LogP contribution in [0.3, 0.4) is 0 Å². The molecular formula is C22H23FN4O. The van der Waals surface area contributed by atoms with Crippen molar-refractivity contribution in [3.8, 4) is 0 Å². The summed E-state index contributed by atoms with van der Waals surface area (Å²) in [5.74, 6) is 0.169. The van der Waals surface area contributed by atoms with Gasteiger partial charge in [0.1, 0.15) is 23.7 Å². The smallest absolute Gasteiger partial charge is 0.277 e. The highest BCUT2D eigenvalue weighted by Crippen LogP contribution is 2.18. The lowest BCUT2D eigenvalue weighted by Crippen LogP contribution is -2.31. The minimum absolute atomic E-state index is 0.169. The standard InChI is InChI=1S/C22H23FN4O/c1-3-27(19-6-4-5-16(2)13-19)22(28)20-14-21(26-15-25-20)24-12-11-17-7-9-18(23)10-8-17/h4-10,13-15H,3,11-12H2,1-2H3,(H,24,25,26). The molecule has 1 N–H and O–H groups in total. The van der Waals surface area contributed by atoms with E-state index in [1.54, 1.807) is 23.1 Å². The van der Waals surface area contributed by atoms with Crippen molar-refractivity contribution in [2.24, 2.45) is 0 Å². The summed E-state index contributed by atoms with van der Waals surface area (Å²) in [6, 6.07) is 15.9. The van der Waals surface area contributed by atoms with Crippen molar-refractivity contribution in [3.05, 3.63) is 83.6 Å². The van der Waals surface area contributed by atoms with E-state index in [-0.39, 0.29) is 11.7 Å². The van der Waals surface area contributed by atoms with Crippen LogP contribution in [0.5, 0.6) is 0 Å². The van der Waals surface area contributed by atoms with E-state index in [2.05, 4.69) is 15.3 Å². The number of rotatable bonds is 7. The van der Waals surface area contributed by atoms with Crippen LogP contribution in [0, 0.1) is 12.7 Å². The van der Waals surface area contributed by atoms with E-state index in [0.29, 0.717) is 24.6 Å². The predicted molar refractivity (Wildman–Crippen MR) is 109 cm³/mol. The van der Waals surface area contributed by atoms with E-state index in [9.17, 15) is 9.18 Å². The van der Waals surface area contributed by atoms with E-state index in [0.717, 1.165) is 23.2 Å². The summed E-state index contributed by atoms with van der Waals surface area (Å²) in [5, 5.41) is 3.19. The Balaban J connectivity index is 1.67. The van der Waals surface area contributed by atoms with Gasteiger partial charge in [-0.05, 0) is 55.7 Å². The number of aromatic nitrogens is 2. The number of nitrogens with zero attached hydrogens (tertiary/aromatic N) is 3. The SMILES string of the molecule is CCN(C(=O)c1cc(NCCc2ccc(F)cc2)ncn1)c1cccc(C)c1. The number of benzene rings is 2. The van der Waals surface area contributed by atoms with Crippen molar-refractivity contribution in [2.45, 2.75) is 20.3 Å². The summed E-state index contributed by atoms with van der Waals surface area (Å²) in [6.07, 6.45) is 2.11. The number of amides is 1. The predicted octanol–water partition coefficient (Wildman–Crippen LogP) is 4.25. The Morgan fingerprint density at radius 1 is 1.11 bits per heavy atom. The van der Waals surface area contributed by atoms with Crippen LogP contribution in [-0.4, -0.2) is 29.0 Å². The maximum Gasteiger partial charge on any atom is 0.277 e. The van der Waals surface area contributed by atoms with Gasteiger partial charge in [0.2, 0.25) is 0 Å². The molecule has 0 aliphatic carbocycles.